The fourth-order valence-corrected chi connectivity index (χ4v) is 2.06. The van der Waals surface area contributed by atoms with E-state index in [2.05, 4.69) is 20.0 Å². The van der Waals surface area contributed by atoms with Crippen molar-refractivity contribution in [2.45, 2.75) is 13.5 Å². The molecule has 2 rings (SSSR count). The van der Waals surface area contributed by atoms with E-state index in [0.29, 0.717) is 12.2 Å². The maximum atomic E-state index is 10.9. The Kier molecular flexibility index (Phi) is 3.72. The molecule has 1 aromatic heterocycles. The smallest absolute Gasteiger partial charge is 0.296 e. The van der Waals surface area contributed by atoms with Crippen LogP contribution in [0.3, 0.4) is 0 Å². The summed E-state index contributed by atoms with van der Waals surface area (Å²) in [5.74, 6) is 0. The van der Waals surface area contributed by atoms with Crippen molar-refractivity contribution in [3.8, 4) is 0 Å². The molecule has 0 fully saturated rings. The second-order valence-electron chi connectivity index (χ2n) is 4.06. The van der Waals surface area contributed by atoms with E-state index >= 15 is 0 Å². The van der Waals surface area contributed by atoms with E-state index < -0.39 is 10.2 Å². The second kappa shape index (κ2) is 5.29. The first-order valence-corrected chi connectivity index (χ1v) is 7.12. The molecule has 102 valence electrons. The van der Waals surface area contributed by atoms with E-state index in [9.17, 15) is 8.42 Å². The van der Waals surface area contributed by atoms with Crippen LogP contribution in [0.2, 0.25) is 0 Å². The van der Waals surface area contributed by atoms with Crippen molar-refractivity contribution in [3.05, 3.63) is 42.0 Å². The van der Waals surface area contributed by atoms with Gasteiger partial charge in [-0.2, -0.15) is 8.42 Å². The molecule has 19 heavy (non-hydrogen) atoms. The Bertz CT molecular complexity index is 665. The highest BCUT2D eigenvalue weighted by Crippen LogP contribution is 2.16. The van der Waals surface area contributed by atoms with E-state index in [1.807, 2.05) is 13.0 Å². The van der Waals surface area contributed by atoms with Gasteiger partial charge in [0.1, 0.15) is 0 Å². The molecule has 0 atom stereocenters. The summed E-state index contributed by atoms with van der Waals surface area (Å²) in [4.78, 5) is 7.15. The van der Waals surface area contributed by atoms with Crippen molar-refractivity contribution in [2.24, 2.45) is 5.14 Å². The molecule has 5 N–H and O–H groups in total. The average molecular weight is 281 g/mol. The van der Waals surface area contributed by atoms with Crippen LogP contribution >= 0.6 is 0 Å². The van der Waals surface area contributed by atoms with Crippen LogP contribution in [0.25, 0.3) is 0 Å². The zero-order chi connectivity index (χ0) is 13.9. The van der Waals surface area contributed by atoms with Crippen LogP contribution in [0.4, 0.5) is 11.4 Å². The van der Waals surface area contributed by atoms with Crippen molar-refractivity contribution in [1.82, 2.24) is 9.97 Å². The van der Waals surface area contributed by atoms with E-state index in [0.717, 1.165) is 17.1 Å². The van der Waals surface area contributed by atoms with Crippen LogP contribution in [-0.2, 0) is 16.8 Å². The van der Waals surface area contributed by atoms with E-state index in [4.69, 9.17) is 5.14 Å². The van der Waals surface area contributed by atoms with Gasteiger partial charge in [0.2, 0.25) is 0 Å². The lowest BCUT2D eigenvalue weighted by atomic mass is 10.2. The SMILES string of the molecule is Cc1[nH]cnc1CNc1cccc(NS(N)(=O)=O)c1. The molecule has 0 amide bonds. The minimum Gasteiger partial charge on any atom is -0.379 e. The summed E-state index contributed by atoms with van der Waals surface area (Å²) in [7, 11) is -3.75. The molecule has 0 radical (unpaired) electrons. The predicted molar refractivity (Wildman–Crippen MR) is 73.8 cm³/mol. The second-order valence-corrected chi connectivity index (χ2v) is 5.35. The van der Waals surface area contributed by atoms with Crippen LogP contribution in [0.15, 0.2) is 30.6 Å². The van der Waals surface area contributed by atoms with E-state index in [-0.39, 0.29) is 0 Å². The van der Waals surface area contributed by atoms with Crippen LogP contribution in [0.5, 0.6) is 0 Å². The summed E-state index contributed by atoms with van der Waals surface area (Å²) in [6.45, 7) is 2.48. The first-order chi connectivity index (χ1) is 8.94. The largest absolute Gasteiger partial charge is 0.379 e. The number of anilines is 2. The number of aryl methyl sites for hydroxylation is 1. The summed E-state index contributed by atoms with van der Waals surface area (Å²) < 4.78 is 24.1. The maximum Gasteiger partial charge on any atom is 0.296 e. The summed E-state index contributed by atoms with van der Waals surface area (Å²) in [5.41, 5.74) is 3.08. The van der Waals surface area contributed by atoms with Gasteiger partial charge in [-0.25, -0.2) is 10.1 Å². The molecular formula is C11H15N5O2S. The number of nitrogens with zero attached hydrogens (tertiary/aromatic N) is 1. The number of aromatic nitrogens is 2. The number of nitrogens with two attached hydrogens (primary N) is 1. The van der Waals surface area contributed by atoms with Gasteiger partial charge in [0.05, 0.1) is 24.3 Å². The summed E-state index contributed by atoms with van der Waals surface area (Å²) >= 11 is 0. The third-order valence-electron chi connectivity index (χ3n) is 2.52. The van der Waals surface area contributed by atoms with Crippen LogP contribution < -0.4 is 15.2 Å². The average Bonchev–Trinajstić information content (AvgIpc) is 2.70. The lowest BCUT2D eigenvalue weighted by Gasteiger charge is -2.08. The third kappa shape index (κ3) is 3.97. The van der Waals surface area contributed by atoms with E-state index in [1.54, 1.807) is 24.5 Å². The molecule has 8 heteroatoms. The minimum absolute atomic E-state index is 0.409. The number of aromatic amines is 1. The van der Waals surface area contributed by atoms with Gasteiger partial charge in [-0.05, 0) is 25.1 Å². The normalized spacial score (nSPS) is 11.3. The zero-order valence-corrected chi connectivity index (χ0v) is 11.2. The number of nitrogens with one attached hydrogen (secondary N) is 3. The standard InChI is InChI=1S/C11H15N5O2S/c1-8-11(15-7-14-8)6-13-9-3-2-4-10(5-9)16-19(12,17)18/h2-5,7,13,16H,6H2,1H3,(H,14,15)(H2,12,17,18). The van der Waals surface area contributed by atoms with Crippen molar-refractivity contribution in [2.75, 3.05) is 10.0 Å². The Morgan fingerprint density at radius 1 is 1.37 bits per heavy atom. The summed E-state index contributed by atoms with van der Waals surface area (Å²) in [6, 6.07) is 6.84. The Morgan fingerprint density at radius 2 is 2.11 bits per heavy atom. The molecule has 0 unspecified atom stereocenters. The van der Waals surface area contributed by atoms with Gasteiger partial charge < -0.3 is 10.3 Å². The molecule has 0 spiro atoms. The third-order valence-corrected chi connectivity index (χ3v) is 3.04. The molecular weight excluding hydrogens is 266 g/mol. The topological polar surface area (TPSA) is 113 Å². The lowest BCUT2D eigenvalue weighted by Crippen LogP contribution is -2.21. The highest BCUT2D eigenvalue weighted by Gasteiger charge is 2.04. The van der Waals surface area contributed by atoms with Gasteiger partial charge in [0.15, 0.2) is 0 Å². The van der Waals surface area contributed by atoms with Crippen LogP contribution in [-0.4, -0.2) is 18.4 Å². The monoisotopic (exact) mass is 281 g/mol. The van der Waals surface area contributed by atoms with Gasteiger partial charge in [-0.15, -0.1) is 0 Å². The molecule has 2 aromatic rings. The number of rotatable bonds is 5. The van der Waals surface area contributed by atoms with Crippen LogP contribution in [0.1, 0.15) is 11.4 Å². The molecule has 7 nitrogen and oxygen atoms in total. The van der Waals surface area contributed by atoms with Gasteiger partial charge in [0.25, 0.3) is 10.2 Å². The predicted octanol–water partition coefficient (Wildman–Crippen LogP) is 0.946. The van der Waals surface area contributed by atoms with Crippen molar-refractivity contribution in [3.63, 3.8) is 0 Å². The van der Waals surface area contributed by atoms with Gasteiger partial charge in [-0.3, -0.25) is 4.72 Å². The highest BCUT2D eigenvalue weighted by molar-refractivity contribution is 7.90. The fourth-order valence-electron chi connectivity index (χ4n) is 1.61. The van der Waals surface area contributed by atoms with Crippen molar-refractivity contribution < 1.29 is 8.42 Å². The Balaban J connectivity index is 2.05. The molecule has 0 aliphatic heterocycles. The molecule has 0 bridgehead atoms. The summed E-state index contributed by atoms with van der Waals surface area (Å²) in [6.07, 6.45) is 1.63. The molecule has 0 aliphatic rings. The maximum absolute atomic E-state index is 10.9. The summed E-state index contributed by atoms with van der Waals surface area (Å²) in [5, 5.41) is 8.07. The first kappa shape index (κ1) is 13.4. The van der Waals surface area contributed by atoms with Gasteiger partial charge >= 0.3 is 0 Å². The van der Waals surface area contributed by atoms with Crippen LogP contribution in [0, 0.1) is 6.92 Å². The molecule has 0 aliphatic carbocycles. The molecule has 1 heterocycles. The fraction of sp³-hybridized carbons (Fsp3) is 0.182. The number of hydrogen-bond donors (Lipinski definition) is 4. The zero-order valence-electron chi connectivity index (χ0n) is 10.3. The Hall–Kier alpha value is -2.06. The van der Waals surface area contributed by atoms with Gasteiger partial charge in [-0.1, -0.05) is 6.07 Å². The van der Waals surface area contributed by atoms with E-state index in [1.165, 1.54) is 0 Å². The van der Waals surface area contributed by atoms with Crippen molar-refractivity contribution >= 4 is 21.6 Å². The Morgan fingerprint density at radius 3 is 2.74 bits per heavy atom. The number of imidazole rings is 1. The van der Waals surface area contributed by atoms with Gasteiger partial charge in [0, 0.05) is 11.4 Å². The lowest BCUT2D eigenvalue weighted by molar-refractivity contribution is 0.603. The molecule has 1 aromatic carbocycles. The quantitative estimate of drug-likeness (QED) is 0.653. The number of benzene rings is 1. The minimum atomic E-state index is -3.75. The number of hydrogen-bond acceptors (Lipinski definition) is 4. The molecule has 0 saturated heterocycles. The van der Waals surface area contributed by atoms with Crippen molar-refractivity contribution in [1.29, 1.82) is 0 Å². The highest BCUT2D eigenvalue weighted by atomic mass is 32.2. The first-order valence-electron chi connectivity index (χ1n) is 5.57. The molecule has 0 saturated carbocycles. The Labute approximate surface area is 111 Å². The number of H-pyrrole nitrogens is 1.